The average molecular weight is 269 g/mol. The Balaban J connectivity index is 1.75. The van der Waals surface area contributed by atoms with Gasteiger partial charge in [0, 0.05) is 19.5 Å². The fraction of sp³-hybridized carbons (Fsp3) is 0.588. The Kier molecular flexibility index (Phi) is 3.03. The molecule has 2 aromatic rings. The minimum atomic E-state index is 0.684. The van der Waals surface area contributed by atoms with Crippen molar-refractivity contribution < 1.29 is 0 Å². The van der Waals surface area contributed by atoms with E-state index in [1.165, 1.54) is 54.5 Å². The summed E-state index contributed by atoms with van der Waals surface area (Å²) in [4.78, 5) is 4.91. The minimum absolute atomic E-state index is 0.684. The minimum Gasteiger partial charge on any atom is -0.331 e. The third-order valence-electron chi connectivity index (χ3n) is 5.19. The Morgan fingerprint density at radius 2 is 2.00 bits per heavy atom. The number of aromatic nitrogens is 2. The van der Waals surface area contributed by atoms with Gasteiger partial charge in [-0.3, -0.25) is 0 Å². The van der Waals surface area contributed by atoms with E-state index in [2.05, 4.69) is 35.1 Å². The molecule has 1 atom stereocenters. The fourth-order valence-corrected chi connectivity index (χ4v) is 3.97. The van der Waals surface area contributed by atoms with E-state index in [1.54, 1.807) is 0 Å². The highest BCUT2D eigenvalue weighted by molar-refractivity contribution is 5.77. The summed E-state index contributed by atoms with van der Waals surface area (Å²) in [5.41, 5.74) is 3.96. The van der Waals surface area contributed by atoms with Gasteiger partial charge in [0.15, 0.2) is 0 Å². The van der Waals surface area contributed by atoms with Gasteiger partial charge in [0.05, 0.1) is 11.0 Å². The maximum atomic E-state index is 4.91. The van der Waals surface area contributed by atoms with Crippen LogP contribution in [0.1, 0.15) is 55.3 Å². The van der Waals surface area contributed by atoms with E-state index in [-0.39, 0.29) is 0 Å². The Hall–Kier alpha value is -1.35. The molecule has 1 unspecified atom stereocenters. The fourth-order valence-electron chi connectivity index (χ4n) is 3.97. The highest BCUT2D eigenvalue weighted by Crippen LogP contribution is 2.35. The molecule has 0 radical (unpaired) electrons. The Morgan fingerprint density at radius 1 is 1.15 bits per heavy atom. The smallest absolute Gasteiger partial charge is 0.112 e. The zero-order valence-corrected chi connectivity index (χ0v) is 12.2. The van der Waals surface area contributed by atoms with Gasteiger partial charge in [0.25, 0.3) is 0 Å². The van der Waals surface area contributed by atoms with Gasteiger partial charge in [-0.25, -0.2) is 4.98 Å². The van der Waals surface area contributed by atoms with Crippen LogP contribution in [0.15, 0.2) is 18.2 Å². The van der Waals surface area contributed by atoms with Gasteiger partial charge in [0.1, 0.15) is 5.82 Å². The first-order valence-electron chi connectivity index (χ1n) is 8.00. The van der Waals surface area contributed by atoms with Crippen molar-refractivity contribution in [2.75, 3.05) is 13.1 Å². The molecule has 1 saturated heterocycles. The van der Waals surface area contributed by atoms with Crippen LogP contribution in [-0.2, 0) is 7.05 Å². The van der Waals surface area contributed by atoms with Crippen molar-refractivity contribution in [2.24, 2.45) is 7.05 Å². The number of rotatable bonds is 2. The molecule has 2 aliphatic rings. The molecular formula is C17H23N3. The van der Waals surface area contributed by atoms with E-state index in [0.29, 0.717) is 11.8 Å². The molecule has 2 fully saturated rings. The van der Waals surface area contributed by atoms with E-state index in [0.717, 1.165) is 13.1 Å². The number of fused-ring (bicyclic) bond motifs is 1. The first-order valence-corrected chi connectivity index (χ1v) is 8.00. The molecule has 1 N–H and O–H groups in total. The molecule has 0 amide bonds. The van der Waals surface area contributed by atoms with Gasteiger partial charge < -0.3 is 9.88 Å². The van der Waals surface area contributed by atoms with Crippen LogP contribution in [0.25, 0.3) is 11.0 Å². The van der Waals surface area contributed by atoms with Crippen LogP contribution in [-0.4, -0.2) is 22.6 Å². The maximum Gasteiger partial charge on any atom is 0.112 e. The highest BCUT2D eigenvalue weighted by Gasteiger charge is 2.23. The van der Waals surface area contributed by atoms with Gasteiger partial charge >= 0.3 is 0 Å². The third-order valence-corrected chi connectivity index (χ3v) is 5.19. The van der Waals surface area contributed by atoms with Crippen molar-refractivity contribution in [1.82, 2.24) is 14.9 Å². The molecule has 4 rings (SSSR count). The number of hydrogen-bond acceptors (Lipinski definition) is 2. The molecular weight excluding hydrogens is 246 g/mol. The molecule has 1 aromatic heterocycles. The van der Waals surface area contributed by atoms with Crippen LogP contribution in [0.4, 0.5) is 0 Å². The van der Waals surface area contributed by atoms with Gasteiger partial charge in [-0.05, 0) is 49.4 Å². The summed E-state index contributed by atoms with van der Waals surface area (Å²) in [5.74, 6) is 2.67. The molecule has 3 heteroatoms. The lowest BCUT2D eigenvalue weighted by molar-refractivity contribution is 0.639. The van der Waals surface area contributed by atoms with Crippen LogP contribution >= 0.6 is 0 Å². The number of nitrogens with one attached hydrogen (secondary N) is 1. The maximum absolute atomic E-state index is 4.91. The summed E-state index contributed by atoms with van der Waals surface area (Å²) < 4.78 is 2.34. The van der Waals surface area contributed by atoms with E-state index in [1.807, 2.05) is 0 Å². The van der Waals surface area contributed by atoms with Crippen LogP contribution in [0.2, 0.25) is 0 Å². The van der Waals surface area contributed by atoms with Gasteiger partial charge in [-0.2, -0.15) is 0 Å². The van der Waals surface area contributed by atoms with Crippen molar-refractivity contribution in [3.63, 3.8) is 0 Å². The second-order valence-corrected chi connectivity index (χ2v) is 6.45. The number of hydrogen-bond donors (Lipinski definition) is 1. The summed E-state index contributed by atoms with van der Waals surface area (Å²) in [6.07, 6.45) is 6.63. The van der Waals surface area contributed by atoms with Gasteiger partial charge in [0.2, 0.25) is 0 Å². The lowest BCUT2D eigenvalue weighted by Crippen LogP contribution is -2.08. The van der Waals surface area contributed by atoms with Crippen LogP contribution in [0, 0.1) is 0 Å². The second-order valence-electron chi connectivity index (χ2n) is 6.45. The van der Waals surface area contributed by atoms with E-state index >= 15 is 0 Å². The van der Waals surface area contributed by atoms with E-state index in [4.69, 9.17) is 4.98 Å². The monoisotopic (exact) mass is 269 g/mol. The first-order chi connectivity index (χ1) is 9.83. The molecule has 1 saturated carbocycles. The molecule has 1 aliphatic heterocycles. The van der Waals surface area contributed by atoms with Crippen LogP contribution < -0.4 is 5.32 Å². The Morgan fingerprint density at radius 3 is 2.75 bits per heavy atom. The van der Waals surface area contributed by atoms with Gasteiger partial charge in [-0.1, -0.05) is 18.9 Å². The Bertz CT molecular complexity index is 616. The summed E-state index contributed by atoms with van der Waals surface area (Å²) in [5, 5.41) is 3.46. The molecule has 1 aromatic carbocycles. The van der Waals surface area contributed by atoms with Crippen molar-refractivity contribution in [1.29, 1.82) is 0 Å². The molecule has 20 heavy (non-hydrogen) atoms. The molecule has 2 heterocycles. The highest BCUT2D eigenvalue weighted by atomic mass is 15.1. The number of aryl methyl sites for hydroxylation is 1. The first kappa shape index (κ1) is 12.4. The SMILES string of the molecule is Cn1c(C2CCCC2)nc2ccc(C3CCNC3)cc21. The number of nitrogens with zero attached hydrogens (tertiary/aromatic N) is 2. The van der Waals surface area contributed by atoms with Crippen molar-refractivity contribution in [3.05, 3.63) is 29.6 Å². The quantitative estimate of drug-likeness (QED) is 0.906. The normalized spacial score (nSPS) is 23.9. The average Bonchev–Trinajstić information content (AvgIpc) is 3.19. The molecule has 0 bridgehead atoms. The topological polar surface area (TPSA) is 29.9 Å². The molecule has 3 nitrogen and oxygen atoms in total. The van der Waals surface area contributed by atoms with Crippen molar-refractivity contribution in [2.45, 2.75) is 43.9 Å². The lowest BCUT2D eigenvalue weighted by Gasteiger charge is -2.10. The van der Waals surface area contributed by atoms with E-state index in [9.17, 15) is 0 Å². The standard InChI is InChI=1S/C17H23N3/c1-20-16-10-13(14-8-9-18-11-14)6-7-15(16)19-17(20)12-4-2-3-5-12/h6-7,10,12,14,18H,2-5,8-9,11H2,1H3. The van der Waals surface area contributed by atoms with Crippen LogP contribution in [0.3, 0.4) is 0 Å². The summed E-state index contributed by atoms with van der Waals surface area (Å²) in [7, 11) is 2.19. The largest absolute Gasteiger partial charge is 0.331 e. The molecule has 0 spiro atoms. The van der Waals surface area contributed by atoms with Crippen molar-refractivity contribution in [3.8, 4) is 0 Å². The number of imidazole rings is 1. The zero-order chi connectivity index (χ0) is 13.5. The van der Waals surface area contributed by atoms with E-state index < -0.39 is 0 Å². The summed E-state index contributed by atoms with van der Waals surface area (Å²) >= 11 is 0. The predicted octanol–water partition coefficient (Wildman–Crippen LogP) is 3.31. The zero-order valence-electron chi connectivity index (χ0n) is 12.2. The second kappa shape index (κ2) is 4.88. The number of benzene rings is 1. The predicted molar refractivity (Wildman–Crippen MR) is 82.2 cm³/mol. The summed E-state index contributed by atoms with van der Waals surface area (Å²) in [6.45, 7) is 2.28. The van der Waals surface area contributed by atoms with Crippen LogP contribution in [0.5, 0.6) is 0 Å². The summed E-state index contributed by atoms with van der Waals surface area (Å²) in [6, 6.07) is 6.88. The van der Waals surface area contributed by atoms with Gasteiger partial charge in [-0.15, -0.1) is 0 Å². The Labute approximate surface area is 120 Å². The van der Waals surface area contributed by atoms with Crippen molar-refractivity contribution >= 4 is 11.0 Å². The third kappa shape index (κ3) is 1.96. The lowest BCUT2D eigenvalue weighted by atomic mass is 9.98. The molecule has 1 aliphatic carbocycles. The molecule has 106 valence electrons.